The van der Waals surface area contributed by atoms with E-state index in [-0.39, 0.29) is 40.1 Å². The van der Waals surface area contributed by atoms with Crippen molar-refractivity contribution in [1.82, 2.24) is 0 Å². The fourth-order valence-electron chi connectivity index (χ4n) is 7.13. The molecule has 0 radical (unpaired) electrons. The minimum atomic E-state index is -3.80. The van der Waals surface area contributed by atoms with E-state index >= 15 is 0 Å². The minimum Gasteiger partial charge on any atom is -0.369 e. The largest absolute Gasteiger partial charge is 0.369 e. The summed E-state index contributed by atoms with van der Waals surface area (Å²) < 4.78 is 51.9. The molecule has 0 spiro atoms. The fraction of sp³-hybridized carbons (Fsp3) is 0.667. The zero-order chi connectivity index (χ0) is 22.9. The topological polar surface area (TPSA) is 94.3 Å². The number of carbonyl (C=O) groups is 2. The predicted molar refractivity (Wildman–Crippen MR) is 113 cm³/mol. The monoisotopic (exact) mass is 465 g/mol. The normalized spacial score (nSPS) is 34.4. The highest BCUT2D eigenvalue weighted by Crippen LogP contribution is 2.63. The first kappa shape index (κ1) is 22.0. The highest BCUT2D eigenvalue weighted by atomic mass is 32.2. The van der Waals surface area contributed by atoms with Crippen LogP contribution in [0.5, 0.6) is 0 Å². The number of hydrogen-bond donors (Lipinski definition) is 1. The second kappa shape index (κ2) is 7.34. The van der Waals surface area contributed by atoms with Crippen molar-refractivity contribution in [1.29, 1.82) is 0 Å². The van der Waals surface area contributed by atoms with E-state index in [1.54, 1.807) is 0 Å². The van der Waals surface area contributed by atoms with Crippen molar-refractivity contribution in [2.45, 2.75) is 62.7 Å². The Morgan fingerprint density at radius 1 is 1.03 bits per heavy atom. The average Bonchev–Trinajstić information content (AvgIpc) is 3.52. The molecule has 0 saturated heterocycles. The van der Waals surface area contributed by atoms with Crippen LogP contribution < -0.4 is 5.73 Å². The van der Waals surface area contributed by atoms with Gasteiger partial charge < -0.3 is 5.73 Å². The number of nitrogens with two attached hydrogens (primary N) is 1. The van der Waals surface area contributed by atoms with Gasteiger partial charge in [-0.25, -0.2) is 17.2 Å². The van der Waals surface area contributed by atoms with Crippen molar-refractivity contribution in [3.05, 3.63) is 29.8 Å². The van der Waals surface area contributed by atoms with Crippen LogP contribution in [-0.4, -0.2) is 25.9 Å². The van der Waals surface area contributed by atoms with Crippen LogP contribution in [0.25, 0.3) is 0 Å². The van der Waals surface area contributed by atoms with Crippen LogP contribution in [0.2, 0.25) is 0 Å². The molecule has 1 aromatic carbocycles. The summed E-state index contributed by atoms with van der Waals surface area (Å²) in [4.78, 5) is 25.2. The Labute approximate surface area is 187 Å². The molecule has 5 saturated carbocycles. The lowest BCUT2D eigenvalue weighted by molar-refractivity contribution is -0.152. The van der Waals surface area contributed by atoms with Gasteiger partial charge in [0.1, 0.15) is 5.78 Å². The Balaban J connectivity index is 1.25. The summed E-state index contributed by atoms with van der Waals surface area (Å²) in [5, 5.41) is 0. The zero-order valence-corrected chi connectivity index (χ0v) is 18.8. The Kier molecular flexibility index (Phi) is 5.04. The predicted octanol–water partition coefficient (Wildman–Crippen LogP) is 3.80. The number of primary amides is 1. The molecule has 0 aliphatic heterocycles. The first-order chi connectivity index (χ1) is 15.0. The second-order valence-electron chi connectivity index (χ2n) is 10.8. The number of halogens is 2. The van der Waals surface area contributed by atoms with Crippen LogP contribution in [0.15, 0.2) is 23.1 Å². The van der Waals surface area contributed by atoms with E-state index in [9.17, 15) is 26.8 Å². The molecular weight excluding hydrogens is 436 g/mol. The van der Waals surface area contributed by atoms with Gasteiger partial charge in [0.05, 0.1) is 10.6 Å². The molecule has 6 rings (SSSR count). The van der Waals surface area contributed by atoms with Gasteiger partial charge in [-0.15, -0.1) is 0 Å². The van der Waals surface area contributed by atoms with Gasteiger partial charge >= 0.3 is 0 Å². The lowest BCUT2D eigenvalue weighted by Gasteiger charge is -2.59. The molecule has 5 fully saturated rings. The van der Waals surface area contributed by atoms with Gasteiger partial charge in [-0.3, -0.25) is 9.59 Å². The number of amides is 1. The van der Waals surface area contributed by atoms with E-state index in [0.717, 1.165) is 44.2 Å². The molecule has 5 aliphatic rings. The van der Waals surface area contributed by atoms with Crippen LogP contribution >= 0.6 is 0 Å². The summed E-state index contributed by atoms with van der Waals surface area (Å²) in [6.07, 6.45) is 6.58. The van der Waals surface area contributed by atoms with Crippen molar-refractivity contribution in [3.63, 3.8) is 0 Å². The number of rotatable bonds is 8. The standard InChI is InChI=1S/C24H29F2NO4S/c25-19-2-1-17(9-20(19)26)32(30,31)6-5-23(3-4-23)21(28)10-18-15-7-14-8-16(18)13-24(11-14,12-15)22(27)29/h1-2,9,14-16,18H,3-8,10-13H2,(H2,27,29). The Hall–Kier alpha value is -1.83. The summed E-state index contributed by atoms with van der Waals surface area (Å²) in [5.41, 5.74) is 4.76. The third kappa shape index (κ3) is 3.58. The van der Waals surface area contributed by atoms with Gasteiger partial charge in [-0.1, -0.05) is 0 Å². The molecule has 1 aromatic rings. The maximum atomic E-state index is 13.5. The average molecular weight is 466 g/mol. The first-order valence-electron chi connectivity index (χ1n) is 11.5. The lowest BCUT2D eigenvalue weighted by Crippen LogP contribution is -2.56. The highest BCUT2D eigenvalue weighted by molar-refractivity contribution is 7.91. The van der Waals surface area contributed by atoms with E-state index in [1.807, 2.05) is 0 Å². The van der Waals surface area contributed by atoms with Crippen molar-refractivity contribution >= 4 is 21.5 Å². The van der Waals surface area contributed by atoms with Gasteiger partial charge in [0.15, 0.2) is 21.5 Å². The summed E-state index contributed by atoms with van der Waals surface area (Å²) in [5.74, 6) is -1.13. The molecule has 2 unspecified atom stereocenters. The SMILES string of the molecule is NC(=O)C12CC3CC(C1)C(CC(=O)C1(CCS(=O)(=O)c4ccc(F)c(F)c4)CC1)C(C3)C2. The van der Waals surface area contributed by atoms with Gasteiger partial charge in [0, 0.05) is 17.3 Å². The van der Waals surface area contributed by atoms with Crippen molar-refractivity contribution in [2.75, 3.05) is 5.75 Å². The second-order valence-corrected chi connectivity index (χ2v) is 12.9. The minimum absolute atomic E-state index is 0.128. The summed E-state index contributed by atoms with van der Waals surface area (Å²) >= 11 is 0. The van der Waals surface area contributed by atoms with Crippen LogP contribution in [0.3, 0.4) is 0 Å². The molecule has 5 aliphatic carbocycles. The Morgan fingerprint density at radius 2 is 1.69 bits per heavy atom. The van der Waals surface area contributed by atoms with Crippen molar-refractivity contribution in [2.24, 2.45) is 40.2 Å². The maximum Gasteiger partial charge on any atom is 0.223 e. The van der Waals surface area contributed by atoms with Crippen LogP contribution in [-0.2, 0) is 19.4 Å². The molecular formula is C24H29F2NO4S. The van der Waals surface area contributed by atoms with E-state index in [0.29, 0.717) is 43.1 Å². The number of benzene rings is 1. The third-order valence-electron chi connectivity index (χ3n) is 8.96. The molecule has 2 N–H and O–H groups in total. The smallest absolute Gasteiger partial charge is 0.223 e. The van der Waals surface area contributed by atoms with E-state index in [2.05, 4.69) is 0 Å². The molecule has 0 aromatic heterocycles. The zero-order valence-electron chi connectivity index (χ0n) is 18.0. The third-order valence-corrected chi connectivity index (χ3v) is 10.7. The van der Waals surface area contributed by atoms with Crippen LogP contribution in [0, 0.1) is 46.1 Å². The van der Waals surface area contributed by atoms with Gasteiger partial charge in [-0.05, 0) is 93.2 Å². The molecule has 174 valence electrons. The summed E-state index contributed by atoms with van der Waals surface area (Å²) in [6.45, 7) is 0. The van der Waals surface area contributed by atoms with Crippen LogP contribution in [0.4, 0.5) is 8.78 Å². The molecule has 8 heteroatoms. The molecule has 1 amide bonds. The number of hydrogen-bond acceptors (Lipinski definition) is 4. The maximum absolute atomic E-state index is 13.5. The molecule has 0 heterocycles. The quantitative estimate of drug-likeness (QED) is 0.591. The lowest BCUT2D eigenvalue weighted by atomic mass is 9.45. The molecule has 5 nitrogen and oxygen atoms in total. The summed E-state index contributed by atoms with van der Waals surface area (Å²) in [7, 11) is -3.80. The highest BCUT2D eigenvalue weighted by Gasteiger charge is 2.59. The van der Waals surface area contributed by atoms with Gasteiger partial charge in [-0.2, -0.15) is 0 Å². The van der Waals surface area contributed by atoms with E-state index in [1.165, 1.54) is 0 Å². The Bertz CT molecular complexity index is 1070. The van der Waals surface area contributed by atoms with Crippen LogP contribution in [0.1, 0.15) is 57.8 Å². The molecule has 2 atom stereocenters. The van der Waals surface area contributed by atoms with Crippen molar-refractivity contribution < 1.29 is 26.8 Å². The molecule has 4 bridgehead atoms. The van der Waals surface area contributed by atoms with Crippen molar-refractivity contribution in [3.8, 4) is 0 Å². The van der Waals surface area contributed by atoms with Gasteiger partial charge in [0.2, 0.25) is 5.91 Å². The van der Waals surface area contributed by atoms with Gasteiger partial charge in [0.25, 0.3) is 0 Å². The molecule has 32 heavy (non-hydrogen) atoms. The number of sulfone groups is 1. The van der Waals surface area contributed by atoms with E-state index < -0.39 is 26.9 Å². The first-order valence-corrected chi connectivity index (χ1v) is 13.2. The summed E-state index contributed by atoms with van der Waals surface area (Å²) in [6, 6.07) is 2.58. The number of ketones is 1. The number of carbonyl (C=O) groups excluding carboxylic acids is 2. The Morgan fingerprint density at radius 3 is 2.25 bits per heavy atom. The van der Waals surface area contributed by atoms with E-state index in [4.69, 9.17) is 5.73 Å². The number of Topliss-reactive ketones (excluding diaryl/α,β-unsaturated/α-hetero) is 1. The fourth-order valence-corrected chi connectivity index (χ4v) is 8.59.